The minimum atomic E-state index is -5.64. The van der Waals surface area contributed by atoms with E-state index in [1.54, 1.807) is 0 Å². The maximum absolute atomic E-state index is 11.5. The van der Waals surface area contributed by atoms with Crippen molar-refractivity contribution in [2.75, 3.05) is 0 Å². The maximum Gasteiger partial charge on any atom is 2.00 e. The fraction of sp³-hybridized carbons (Fsp3) is 0.500. The maximum atomic E-state index is 11.5. The van der Waals surface area contributed by atoms with Gasteiger partial charge in [-0.05, 0) is 0 Å². The van der Waals surface area contributed by atoms with Gasteiger partial charge in [0.25, 0.3) is 0 Å². The molecule has 0 saturated heterocycles. The van der Waals surface area contributed by atoms with Crippen LogP contribution in [-0.4, -0.2) is 162 Å². The summed E-state index contributed by atoms with van der Waals surface area (Å²) in [5, 5.41) is 53.6. The van der Waals surface area contributed by atoms with E-state index in [2.05, 4.69) is 8.37 Å². The summed E-state index contributed by atoms with van der Waals surface area (Å²) >= 11 is 0. The van der Waals surface area contributed by atoms with Crippen molar-refractivity contribution < 1.29 is 81.9 Å². The Morgan fingerprint density at radius 3 is 1.10 bits per heavy atom. The summed E-state index contributed by atoms with van der Waals surface area (Å²) in [5.74, 6) is -12.3. The second-order valence-corrected chi connectivity index (χ2v) is 6.64. The van der Waals surface area contributed by atoms with Crippen LogP contribution in [0.2, 0.25) is 0 Å². The molecule has 16 nitrogen and oxygen atoms in total. The zero-order valence-electron chi connectivity index (χ0n) is 19.4. The molecule has 0 fully saturated rings. The van der Waals surface area contributed by atoms with Crippen molar-refractivity contribution in [1.29, 1.82) is 0 Å². The number of carbonyl (C=O) groups excluding carboxylic acids is 2. The molecule has 0 rings (SSSR count). The van der Waals surface area contributed by atoms with Crippen molar-refractivity contribution in [3.8, 4) is 0 Å². The van der Waals surface area contributed by atoms with E-state index in [0.717, 1.165) is 0 Å². The van der Waals surface area contributed by atoms with Crippen LogP contribution in [0.25, 0.3) is 0 Å². The Morgan fingerprint density at radius 2 is 0.903 bits per heavy atom. The normalized spacial score (nSPS) is 14.3. The molecule has 31 heavy (non-hydrogen) atoms. The number of carboxylic acids is 4. The van der Waals surface area contributed by atoms with Crippen molar-refractivity contribution in [1.82, 2.24) is 0 Å². The van der Waals surface area contributed by atoms with Crippen LogP contribution >= 0.6 is 0 Å². The predicted octanol–water partition coefficient (Wildman–Crippen LogP) is -3.63. The molecule has 0 aromatic rings. The van der Waals surface area contributed by atoms with Crippen molar-refractivity contribution in [3.63, 3.8) is 0 Å². The quantitative estimate of drug-likeness (QED) is 0.133. The van der Waals surface area contributed by atoms with Gasteiger partial charge in [-0.3, -0.25) is 19.2 Å². The van der Waals surface area contributed by atoms with Crippen LogP contribution in [-0.2, 0) is 47.5 Å². The number of carbonyl (C=O) groups is 6. The average molecular weight is 530 g/mol. The van der Waals surface area contributed by atoms with Gasteiger partial charge in [-0.1, -0.05) is 0 Å². The van der Waals surface area contributed by atoms with Gasteiger partial charge in [-0.15, -0.1) is 8.42 Å². The third kappa shape index (κ3) is 12.7. The molecule has 2 atom stereocenters. The van der Waals surface area contributed by atoms with Gasteiger partial charge in [0.05, 0.1) is 25.7 Å². The Kier molecular flexibility index (Phi) is 15.4. The minimum absolute atomic E-state index is 0. The second kappa shape index (κ2) is 13.7. The summed E-state index contributed by atoms with van der Waals surface area (Å²) in [4.78, 5) is 65.7. The molecule has 0 aliphatic carbocycles. The van der Waals surface area contributed by atoms with E-state index in [9.17, 15) is 47.4 Å². The van der Waals surface area contributed by atoms with Gasteiger partial charge in [-0.25, -0.2) is 9.59 Å². The van der Waals surface area contributed by atoms with Gasteiger partial charge in [0.2, 0.25) is 0 Å². The minimum Gasteiger partial charge on any atom is -1.00 e. The second-order valence-electron chi connectivity index (χ2n) is 5.49. The van der Waals surface area contributed by atoms with Crippen LogP contribution in [0.5, 0.6) is 0 Å². The largest absolute Gasteiger partial charge is 2.00 e. The molecule has 0 bridgehead atoms. The van der Waals surface area contributed by atoms with Crippen LogP contribution in [0.3, 0.4) is 0 Å². The van der Waals surface area contributed by atoms with Crippen LogP contribution in [0.15, 0.2) is 0 Å². The molecule has 6 N–H and O–H groups in total. The number of hydrogen-bond acceptors (Lipinski definition) is 12. The molecular weight excluding hydrogens is 512 g/mol. The Bertz CT molecular complexity index is 793. The number of carboxylic acid groups (broad SMARTS) is 4. The smallest absolute Gasteiger partial charge is 1.00 e. The third-order valence-corrected chi connectivity index (χ3v) is 3.73. The molecule has 0 aromatic heterocycles. The molecule has 0 spiro atoms. The van der Waals surface area contributed by atoms with Crippen LogP contribution in [0, 0.1) is 0 Å². The summed E-state index contributed by atoms with van der Waals surface area (Å²) < 4.78 is 30.1. The fourth-order valence-corrected chi connectivity index (χ4v) is 2.32. The fourth-order valence-electron chi connectivity index (χ4n) is 1.71. The first-order valence-corrected chi connectivity index (χ1v) is 8.30. The zero-order chi connectivity index (χ0) is 23.2. The summed E-state index contributed by atoms with van der Waals surface area (Å²) in [6.07, 6.45) is -6.47. The Labute approximate surface area is 238 Å². The standard InChI is InChI=1S/C12H14O16S.2Ca.4H/c13-5(14)1-11(23,9(19)20)3-7(17)27-29(25,26)28-8(18)4-12(24,10(21)22)2-6(15)16;;;;;;/h23-24H,1-4H2,(H,13,14)(H,15,16)(H,19,20)(H,21,22);;;;;;/q;2*+2;4*-1. The molecule has 0 heterocycles. The van der Waals surface area contributed by atoms with E-state index in [0.29, 0.717) is 0 Å². The van der Waals surface area contributed by atoms with Crippen LogP contribution < -0.4 is 0 Å². The number of aliphatic hydroxyl groups is 2. The van der Waals surface area contributed by atoms with Gasteiger partial charge in [0.15, 0.2) is 11.2 Å². The van der Waals surface area contributed by atoms with Crippen molar-refractivity contribution >= 4 is 122 Å². The molecule has 2 unspecified atom stereocenters. The van der Waals surface area contributed by atoms with E-state index in [1.165, 1.54) is 0 Å². The summed E-state index contributed by atoms with van der Waals surface area (Å²) in [5.41, 5.74) is -6.54. The van der Waals surface area contributed by atoms with Crippen LogP contribution in [0.1, 0.15) is 31.4 Å². The molecule has 172 valence electrons. The molecule has 0 saturated carbocycles. The average Bonchev–Trinajstić information content (AvgIpc) is 2.42. The number of rotatable bonds is 12. The molecule has 0 aliphatic rings. The van der Waals surface area contributed by atoms with E-state index in [4.69, 9.17) is 20.4 Å². The SMILES string of the molecule is O=C(O)CC(O)(CC(=O)OS(=O)(=O)OC(=O)CC(O)(CC(=O)O)C(=O)O)C(=O)O.[Ca+2].[Ca+2].[H-].[H-].[H-].[H-]. The van der Waals surface area contributed by atoms with Crippen LogP contribution in [0.4, 0.5) is 0 Å². The first-order valence-electron chi connectivity index (χ1n) is 6.97. The number of hydrogen-bond donors (Lipinski definition) is 6. The Morgan fingerprint density at radius 1 is 0.645 bits per heavy atom. The van der Waals surface area contributed by atoms with E-state index < -0.39 is 83.1 Å². The summed E-state index contributed by atoms with van der Waals surface area (Å²) in [6, 6.07) is 0. The van der Waals surface area contributed by atoms with Crippen molar-refractivity contribution in [2.45, 2.75) is 36.9 Å². The molecule has 0 aromatic carbocycles. The topological polar surface area (TPSA) is 276 Å². The molecule has 19 heteroatoms. The summed E-state index contributed by atoms with van der Waals surface area (Å²) in [6.45, 7) is 0. The van der Waals surface area contributed by atoms with E-state index in [-0.39, 0.29) is 81.2 Å². The summed E-state index contributed by atoms with van der Waals surface area (Å²) in [7, 11) is -5.64. The van der Waals surface area contributed by atoms with E-state index in [1.807, 2.05) is 0 Å². The van der Waals surface area contributed by atoms with E-state index >= 15 is 0 Å². The van der Waals surface area contributed by atoms with Crippen molar-refractivity contribution in [3.05, 3.63) is 0 Å². The third-order valence-electron chi connectivity index (χ3n) is 2.95. The predicted molar refractivity (Wildman–Crippen MR) is 96.0 cm³/mol. The molecule has 0 amide bonds. The first kappa shape index (κ1) is 34.8. The van der Waals surface area contributed by atoms with Gasteiger partial charge in [0, 0.05) is 0 Å². The van der Waals surface area contributed by atoms with Crippen molar-refractivity contribution in [2.24, 2.45) is 0 Å². The van der Waals surface area contributed by atoms with Gasteiger partial charge >= 0.3 is 122 Å². The van der Waals surface area contributed by atoms with Gasteiger partial charge in [0.1, 0.15) is 0 Å². The zero-order valence-corrected chi connectivity index (χ0v) is 20.6. The monoisotopic (exact) mass is 530 g/mol. The molecular formula is C12H18Ca2O16S. The van der Waals surface area contributed by atoms with Gasteiger partial charge < -0.3 is 44.7 Å². The Balaban J connectivity index is -0.000000261. The number of aliphatic carboxylic acids is 4. The van der Waals surface area contributed by atoms with Gasteiger partial charge in [-0.2, -0.15) is 0 Å². The Hall–Kier alpha value is -0.791. The molecule has 0 radical (unpaired) electrons. The molecule has 0 aliphatic heterocycles. The first-order chi connectivity index (χ1) is 12.9.